The van der Waals surface area contributed by atoms with Crippen LogP contribution in [0, 0.1) is 0 Å². The van der Waals surface area contributed by atoms with Gasteiger partial charge in [-0.05, 0) is 24.3 Å². The van der Waals surface area contributed by atoms with Gasteiger partial charge in [0.2, 0.25) is 5.91 Å². The molecule has 0 radical (unpaired) electrons. The zero-order chi connectivity index (χ0) is 20.8. The zero-order valence-electron chi connectivity index (χ0n) is 15.5. The van der Waals surface area contributed by atoms with Crippen LogP contribution in [0.25, 0.3) is 0 Å². The molecule has 0 spiro atoms. The number of hydrogen-bond acceptors (Lipinski definition) is 8. The van der Waals surface area contributed by atoms with E-state index in [-0.39, 0.29) is 18.1 Å². The molecule has 0 aliphatic carbocycles. The van der Waals surface area contributed by atoms with E-state index in [9.17, 15) is 9.59 Å². The normalized spacial score (nSPS) is 10.5. The smallest absolute Gasteiger partial charge is 0.293 e. The first-order valence-electron chi connectivity index (χ1n) is 8.85. The van der Waals surface area contributed by atoms with Crippen molar-refractivity contribution in [2.24, 2.45) is 0 Å². The number of para-hydroxylation sites is 2. The molecule has 4 aromatic rings. The average molecular weight is 441 g/mol. The summed E-state index contributed by atoms with van der Waals surface area (Å²) in [7, 11) is 0. The number of furan rings is 1. The topological polar surface area (TPSA) is 106 Å². The van der Waals surface area contributed by atoms with Crippen LogP contribution in [-0.2, 0) is 17.8 Å². The first-order valence-corrected chi connectivity index (χ1v) is 10.7. The van der Waals surface area contributed by atoms with Crippen LogP contribution in [0.3, 0.4) is 0 Å². The molecule has 152 valence electrons. The second-order valence-electron chi connectivity index (χ2n) is 6.06. The van der Waals surface area contributed by atoms with Gasteiger partial charge >= 0.3 is 0 Å². The van der Waals surface area contributed by atoms with Gasteiger partial charge in [-0.3, -0.25) is 14.9 Å². The van der Waals surface area contributed by atoms with Crippen molar-refractivity contribution in [3.63, 3.8) is 0 Å². The molecular weight excluding hydrogens is 424 g/mol. The van der Waals surface area contributed by atoms with E-state index in [2.05, 4.69) is 20.6 Å². The summed E-state index contributed by atoms with van der Waals surface area (Å²) >= 11 is 2.74. The van der Waals surface area contributed by atoms with Gasteiger partial charge in [0.25, 0.3) is 5.91 Å². The van der Waals surface area contributed by atoms with E-state index in [0.717, 1.165) is 5.69 Å². The van der Waals surface area contributed by atoms with Crippen molar-refractivity contribution in [3.8, 4) is 5.75 Å². The third-order valence-electron chi connectivity index (χ3n) is 3.88. The predicted molar refractivity (Wildman–Crippen MR) is 114 cm³/mol. The van der Waals surface area contributed by atoms with E-state index in [1.165, 1.54) is 28.9 Å². The Kier molecular flexibility index (Phi) is 6.16. The van der Waals surface area contributed by atoms with E-state index >= 15 is 0 Å². The van der Waals surface area contributed by atoms with Gasteiger partial charge in [0.15, 0.2) is 10.9 Å². The number of carbonyl (C=O) groups excluding carboxylic acids is 2. The number of ether oxygens (including phenoxy) is 1. The van der Waals surface area contributed by atoms with Gasteiger partial charge in [-0.2, -0.15) is 0 Å². The Balaban J connectivity index is 1.34. The van der Waals surface area contributed by atoms with Crippen molar-refractivity contribution in [2.45, 2.75) is 13.0 Å². The molecule has 0 aliphatic heterocycles. The predicted octanol–water partition coefficient (Wildman–Crippen LogP) is 4.21. The van der Waals surface area contributed by atoms with Crippen molar-refractivity contribution in [1.82, 2.24) is 9.97 Å². The Morgan fingerprint density at radius 1 is 1.07 bits per heavy atom. The summed E-state index contributed by atoms with van der Waals surface area (Å²) in [6.45, 7) is 0.321. The summed E-state index contributed by atoms with van der Waals surface area (Å²) < 4.78 is 10.8. The third-order valence-corrected chi connectivity index (χ3v) is 5.32. The fourth-order valence-corrected chi connectivity index (χ4v) is 3.78. The van der Waals surface area contributed by atoms with Crippen molar-refractivity contribution in [3.05, 3.63) is 76.1 Å². The summed E-state index contributed by atoms with van der Waals surface area (Å²) in [4.78, 5) is 32.9. The number of aromatic nitrogens is 2. The van der Waals surface area contributed by atoms with E-state index in [1.807, 2.05) is 17.5 Å². The van der Waals surface area contributed by atoms with Gasteiger partial charge < -0.3 is 14.5 Å². The van der Waals surface area contributed by atoms with Crippen molar-refractivity contribution in [1.29, 1.82) is 0 Å². The van der Waals surface area contributed by atoms with Gasteiger partial charge in [0.05, 0.1) is 35.3 Å². The minimum atomic E-state index is -0.392. The Hall–Kier alpha value is -3.50. The summed E-state index contributed by atoms with van der Waals surface area (Å²) in [5, 5.41) is 9.51. The lowest BCUT2D eigenvalue weighted by Crippen LogP contribution is -2.16. The van der Waals surface area contributed by atoms with E-state index in [4.69, 9.17) is 9.15 Å². The molecular formula is C20H16N4O4S2. The number of nitrogens with one attached hydrogen (secondary N) is 2. The van der Waals surface area contributed by atoms with Crippen molar-refractivity contribution >= 4 is 45.3 Å². The standard InChI is InChI=1S/C20H16N4O4S2/c25-18(8-13-11-30-20(22-13)24-19(26)17-6-3-7-27-17)23-15-4-1-2-5-16(15)28-9-14-10-29-12-21-14/h1-7,10-12H,8-9H2,(H,23,25)(H,22,24,26). The zero-order valence-corrected chi connectivity index (χ0v) is 17.2. The molecule has 0 atom stereocenters. The van der Waals surface area contributed by atoms with E-state index in [0.29, 0.717) is 28.9 Å². The maximum absolute atomic E-state index is 12.5. The van der Waals surface area contributed by atoms with E-state index < -0.39 is 5.91 Å². The van der Waals surface area contributed by atoms with Gasteiger partial charge in [0.1, 0.15) is 12.4 Å². The van der Waals surface area contributed by atoms with Crippen molar-refractivity contribution < 1.29 is 18.7 Å². The maximum atomic E-state index is 12.5. The number of benzene rings is 1. The summed E-state index contributed by atoms with van der Waals surface area (Å²) in [5.41, 5.74) is 3.69. The molecule has 3 aromatic heterocycles. The SMILES string of the molecule is O=C(Cc1csc(NC(=O)c2ccco2)n1)Nc1ccccc1OCc1cscn1. The molecule has 30 heavy (non-hydrogen) atoms. The fraction of sp³-hybridized carbons (Fsp3) is 0.100. The number of hydrogen-bond donors (Lipinski definition) is 2. The highest BCUT2D eigenvalue weighted by molar-refractivity contribution is 7.14. The molecule has 8 nitrogen and oxygen atoms in total. The molecule has 0 saturated carbocycles. The number of rotatable bonds is 8. The van der Waals surface area contributed by atoms with Crippen LogP contribution in [0.15, 0.2) is 63.3 Å². The summed E-state index contributed by atoms with van der Waals surface area (Å²) in [5.74, 6) is 0.118. The third kappa shape index (κ3) is 5.10. The van der Waals surface area contributed by atoms with Gasteiger partial charge in [0, 0.05) is 10.8 Å². The van der Waals surface area contributed by atoms with Gasteiger partial charge in [-0.1, -0.05) is 12.1 Å². The number of anilines is 2. The highest BCUT2D eigenvalue weighted by atomic mass is 32.1. The first-order chi connectivity index (χ1) is 14.7. The molecule has 2 N–H and O–H groups in total. The average Bonchev–Trinajstić information content (AvgIpc) is 3.50. The number of thiazole rings is 2. The Morgan fingerprint density at radius 3 is 2.77 bits per heavy atom. The van der Waals surface area contributed by atoms with Gasteiger partial charge in [-0.25, -0.2) is 9.97 Å². The molecule has 0 saturated heterocycles. The van der Waals surface area contributed by atoms with E-state index in [1.54, 1.807) is 35.2 Å². The Bertz CT molecular complexity index is 1120. The lowest BCUT2D eigenvalue weighted by molar-refractivity contribution is -0.115. The van der Waals surface area contributed by atoms with Crippen LogP contribution < -0.4 is 15.4 Å². The van der Waals surface area contributed by atoms with Crippen LogP contribution in [0.1, 0.15) is 21.9 Å². The molecule has 0 unspecified atom stereocenters. The maximum Gasteiger partial charge on any atom is 0.293 e. The second kappa shape index (κ2) is 9.33. The van der Waals surface area contributed by atoms with Crippen molar-refractivity contribution in [2.75, 3.05) is 10.6 Å². The Labute approximate surface area is 179 Å². The molecule has 4 rings (SSSR count). The highest BCUT2D eigenvalue weighted by Gasteiger charge is 2.14. The summed E-state index contributed by atoms with van der Waals surface area (Å²) in [6, 6.07) is 10.4. The quantitative estimate of drug-likeness (QED) is 0.425. The largest absolute Gasteiger partial charge is 0.485 e. The van der Waals surface area contributed by atoms with Crippen LogP contribution in [0.4, 0.5) is 10.8 Å². The highest BCUT2D eigenvalue weighted by Crippen LogP contribution is 2.25. The first kappa shape index (κ1) is 19.8. The fourth-order valence-electron chi connectivity index (χ4n) is 2.53. The number of amides is 2. The lowest BCUT2D eigenvalue weighted by Gasteiger charge is -2.11. The van der Waals surface area contributed by atoms with Crippen LogP contribution in [0.2, 0.25) is 0 Å². The Morgan fingerprint density at radius 2 is 1.97 bits per heavy atom. The molecule has 0 aliphatic rings. The number of carbonyl (C=O) groups is 2. The molecule has 0 bridgehead atoms. The molecule has 10 heteroatoms. The molecule has 1 aromatic carbocycles. The van der Waals surface area contributed by atoms with Crippen LogP contribution >= 0.6 is 22.7 Å². The summed E-state index contributed by atoms with van der Waals surface area (Å²) in [6.07, 6.45) is 1.48. The molecule has 3 heterocycles. The lowest BCUT2D eigenvalue weighted by atomic mass is 10.2. The monoisotopic (exact) mass is 440 g/mol. The minimum Gasteiger partial charge on any atom is -0.485 e. The number of nitrogens with zero attached hydrogens (tertiary/aromatic N) is 2. The molecule has 2 amide bonds. The van der Waals surface area contributed by atoms with Crippen LogP contribution in [-0.4, -0.2) is 21.8 Å². The van der Waals surface area contributed by atoms with Crippen LogP contribution in [0.5, 0.6) is 5.75 Å². The molecule has 0 fully saturated rings. The minimum absolute atomic E-state index is 0.0630. The van der Waals surface area contributed by atoms with Gasteiger partial charge in [-0.15, -0.1) is 22.7 Å². The second-order valence-corrected chi connectivity index (χ2v) is 7.64.